The van der Waals surface area contributed by atoms with Crippen LogP contribution in [0.1, 0.15) is 18.4 Å². The molecule has 0 amide bonds. The number of benzene rings is 1. The van der Waals surface area contributed by atoms with Gasteiger partial charge >= 0.3 is 0 Å². The molecule has 1 aliphatic rings. The van der Waals surface area contributed by atoms with Crippen LogP contribution in [0.25, 0.3) is 0 Å². The van der Waals surface area contributed by atoms with Crippen LogP contribution in [0.15, 0.2) is 18.2 Å². The minimum Gasteiger partial charge on any atom is -0.389 e. The fraction of sp³-hybridized carbons (Fsp3) is 0.571. The first kappa shape index (κ1) is 14.4. The van der Waals surface area contributed by atoms with Crippen molar-refractivity contribution in [2.24, 2.45) is 5.92 Å². The second kappa shape index (κ2) is 6.93. The molecule has 1 fully saturated rings. The summed E-state index contributed by atoms with van der Waals surface area (Å²) in [4.78, 5) is 0. The van der Waals surface area contributed by atoms with Crippen LogP contribution in [0.5, 0.6) is 0 Å². The summed E-state index contributed by atoms with van der Waals surface area (Å²) in [5, 5.41) is 12.5. The second-order valence-electron chi connectivity index (χ2n) is 5.00. The Hall–Kier alpha value is -1.04. The fourth-order valence-corrected chi connectivity index (χ4v) is 1.77. The maximum atomic E-state index is 13.3. The Morgan fingerprint density at radius 1 is 1.37 bits per heavy atom. The molecule has 0 radical (unpaired) electrons. The first-order valence-electron chi connectivity index (χ1n) is 6.55. The zero-order valence-electron chi connectivity index (χ0n) is 10.7. The molecule has 0 saturated heterocycles. The van der Waals surface area contributed by atoms with Gasteiger partial charge in [0.15, 0.2) is 0 Å². The van der Waals surface area contributed by atoms with Crippen molar-refractivity contribution in [1.82, 2.24) is 5.32 Å². The minimum atomic E-state index is -0.629. The lowest BCUT2D eigenvalue weighted by Crippen LogP contribution is -2.30. The van der Waals surface area contributed by atoms with E-state index in [0.717, 1.165) is 18.2 Å². The predicted octanol–water partition coefficient (Wildman–Crippen LogP) is 1.84. The summed E-state index contributed by atoms with van der Waals surface area (Å²) in [6.07, 6.45) is 1.80. The first-order chi connectivity index (χ1) is 9.15. The second-order valence-corrected chi connectivity index (χ2v) is 5.00. The van der Waals surface area contributed by atoms with E-state index in [0.29, 0.717) is 19.1 Å². The topological polar surface area (TPSA) is 41.5 Å². The molecule has 1 saturated carbocycles. The van der Waals surface area contributed by atoms with Crippen LogP contribution >= 0.6 is 0 Å². The van der Waals surface area contributed by atoms with Crippen molar-refractivity contribution in [3.05, 3.63) is 35.4 Å². The SMILES string of the molecule is OC(CNCc1cc(F)ccc1F)COCC1CC1. The summed E-state index contributed by atoms with van der Waals surface area (Å²) in [5.41, 5.74) is 0.256. The third kappa shape index (κ3) is 5.22. The van der Waals surface area contributed by atoms with Gasteiger partial charge in [0.25, 0.3) is 0 Å². The van der Waals surface area contributed by atoms with Gasteiger partial charge in [0.2, 0.25) is 0 Å². The van der Waals surface area contributed by atoms with E-state index in [1.165, 1.54) is 12.8 Å². The van der Waals surface area contributed by atoms with Gasteiger partial charge in [0.05, 0.1) is 12.7 Å². The molecule has 0 heterocycles. The highest BCUT2D eigenvalue weighted by atomic mass is 19.1. The molecule has 1 aromatic carbocycles. The van der Waals surface area contributed by atoms with Gasteiger partial charge in [-0.05, 0) is 37.0 Å². The van der Waals surface area contributed by atoms with E-state index in [9.17, 15) is 13.9 Å². The van der Waals surface area contributed by atoms with Crippen molar-refractivity contribution in [1.29, 1.82) is 0 Å². The molecule has 1 aliphatic carbocycles. The van der Waals surface area contributed by atoms with Gasteiger partial charge in [-0.3, -0.25) is 0 Å². The lowest BCUT2D eigenvalue weighted by Gasteiger charge is -2.12. The molecule has 0 aliphatic heterocycles. The molecule has 106 valence electrons. The predicted molar refractivity (Wildman–Crippen MR) is 67.6 cm³/mol. The number of aliphatic hydroxyl groups is 1. The van der Waals surface area contributed by atoms with E-state index in [1.54, 1.807) is 0 Å². The Morgan fingerprint density at radius 3 is 2.89 bits per heavy atom. The Labute approximate surface area is 111 Å². The number of rotatable bonds is 8. The largest absolute Gasteiger partial charge is 0.389 e. The Kier molecular flexibility index (Phi) is 5.24. The Bertz CT molecular complexity index is 410. The molecular formula is C14H19F2NO2. The third-order valence-corrected chi connectivity index (χ3v) is 3.06. The van der Waals surface area contributed by atoms with Gasteiger partial charge < -0.3 is 15.2 Å². The van der Waals surface area contributed by atoms with E-state index in [2.05, 4.69) is 5.32 Å². The molecule has 1 atom stereocenters. The van der Waals surface area contributed by atoms with Crippen molar-refractivity contribution in [2.45, 2.75) is 25.5 Å². The lowest BCUT2D eigenvalue weighted by molar-refractivity contribution is 0.0324. The van der Waals surface area contributed by atoms with Gasteiger partial charge in [-0.15, -0.1) is 0 Å². The van der Waals surface area contributed by atoms with E-state index >= 15 is 0 Å². The fourth-order valence-electron chi connectivity index (χ4n) is 1.77. The van der Waals surface area contributed by atoms with Crippen molar-refractivity contribution < 1.29 is 18.6 Å². The standard InChI is InChI=1S/C14H19F2NO2/c15-12-3-4-14(16)11(5-12)6-17-7-13(18)9-19-8-10-1-2-10/h3-5,10,13,17-18H,1-2,6-9H2. The van der Waals surface area contributed by atoms with Crippen molar-refractivity contribution >= 4 is 0 Å². The number of aliphatic hydroxyl groups excluding tert-OH is 1. The molecule has 19 heavy (non-hydrogen) atoms. The van der Waals surface area contributed by atoms with E-state index in [-0.39, 0.29) is 18.7 Å². The molecule has 2 N–H and O–H groups in total. The summed E-state index contributed by atoms with van der Waals surface area (Å²) < 4.78 is 31.6. The Balaban J connectivity index is 1.62. The number of ether oxygens (including phenoxy) is 1. The molecule has 0 bridgehead atoms. The molecule has 5 heteroatoms. The summed E-state index contributed by atoms with van der Waals surface area (Å²) >= 11 is 0. The van der Waals surface area contributed by atoms with Gasteiger partial charge in [-0.1, -0.05) is 0 Å². The first-order valence-corrected chi connectivity index (χ1v) is 6.55. The highest BCUT2D eigenvalue weighted by molar-refractivity contribution is 5.18. The maximum absolute atomic E-state index is 13.3. The molecular weight excluding hydrogens is 252 g/mol. The third-order valence-electron chi connectivity index (χ3n) is 3.06. The lowest BCUT2D eigenvalue weighted by atomic mass is 10.2. The zero-order valence-corrected chi connectivity index (χ0v) is 10.7. The minimum absolute atomic E-state index is 0.184. The maximum Gasteiger partial charge on any atom is 0.127 e. The van der Waals surface area contributed by atoms with E-state index < -0.39 is 17.7 Å². The molecule has 0 spiro atoms. The van der Waals surface area contributed by atoms with Gasteiger partial charge in [-0.2, -0.15) is 0 Å². The quantitative estimate of drug-likeness (QED) is 0.758. The van der Waals surface area contributed by atoms with Crippen LogP contribution in [0.3, 0.4) is 0 Å². The molecule has 3 nitrogen and oxygen atoms in total. The molecule has 1 unspecified atom stereocenters. The molecule has 0 aromatic heterocycles. The van der Waals surface area contributed by atoms with Crippen LogP contribution in [0.2, 0.25) is 0 Å². The van der Waals surface area contributed by atoms with Crippen LogP contribution in [0.4, 0.5) is 8.78 Å². The van der Waals surface area contributed by atoms with Gasteiger partial charge in [0.1, 0.15) is 11.6 Å². The smallest absolute Gasteiger partial charge is 0.127 e. The molecule has 1 aromatic rings. The summed E-state index contributed by atoms with van der Waals surface area (Å²) in [6, 6.07) is 3.33. The summed E-state index contributed by atoms with van der Waals surface area (Å²) in [7, 11) is 0. The van der Waals surface area contributed by atoms with Crippen LogP contribution < -0.4 is 5.32 Å². The van der Waals surface area contributed by atoms with Gasteiger partial charge in [-0.25, -0.2) is 8.78 Å². The normalized spacial score (nSPS) is 16.6. The number of nitrogens with one attached hydrogen (secondary N) is 1. The van der Waals surface area contributed by atoms with Crippen LogP contribution in [-0.2, 0) is 11.3 Å². The monoisotopic (exact) mass is 271 g/mol. The Morgan fingerprint density at radius 2 is 2.16 bits per heavy atom. The van der Waals surface area contributed by atoms with Crippen LogP contribution in [0, 0.1) is 17.6 Å². The zero-order chi connectivity index (χ0) is 13.7. The van der Waals surface area contributed by atoms with Gasteiger partial charge in [0, 0.05) is 25.3 Å². The number of hydrogen-bond donors (Lipinski definition) is 2. The van der Waals surface area contributed by atoms with Crippen molar-refractivity contribution in [3.8, 4) is 0 Å². The van der Waals surface area contributed by atoms with Crippen molar-refractivity contribution in [3.63, 3.8) is 0 Å². The highest BCUT2D eigenvalue weighted by Gasteiger charge is 2.21. The number of hydrogen-bond acceptors (Lipinski definition) is 3. The van der Waals surface area contributed by atoms with E-state index in [4.69, 9.17) is 4.74 Å². The van der Waals surface area contributed by atoms with E-state index in [1.807, 2.05) is 0 Å². The number of halogens is 2. The average Bonchev–Trinajstić information content (AvgIpc) is 3.18. The average molecular weight is 271 g/mol. The van der Waals surface area contributed by atoms with Crippen LogP contribution in [-0.4, -0.2) is 31.0 Å². The highest BCUT2D eigenvalue weighted by Crippen LogP contribution is 2.28. The summed E-state index contributed by atoms with van der Waals surface area (Å²) in [6.45, 7) is 1.45. The summed E-state index contributed by atoms with van der Waals surface area (Å²) in [5.74, 6) is -0.249. The molecule has 2 rings (SSSR count). The van der Waals surface area contributed by atoms with Crippen molar-refractivity contribution in [2.75, 3.05) is 19.8 Å².